The maximum absolute atomic E-state index is 12.2. The van der Waals surface area contributed by atoms with Gasteiger partial charge in [0, 0.05) is 18.4 Å². The van der Waals surface area contributed by atoms with Gasteiger partial charge in [0.2, 0.25) is 0 Å². The molecule has 3 N–H and O–H groups in total. The zero-order valence-corrected chi connectivity index (χ0v) is 22.7. The fourth-order valence-electron chi connectivity index (χ4n) is 5.26. The van der Waals surface area contributed by atoms with Crippen LogP contribution in [0.2, 0.25) is 0 Å². The molecule has 8 nitrogen and oxygen atoms in total. The minimum Gasteiger partial charge on any atom is -0.481 e. The second-order valence-corrected chi connectivity index (χ2v) is 11.3. The maximum Gasteiger partial charge on any atom is 0.311 e. The standard InChI is InChI=1S/C20H23NO5S.C9H16O2/c22-12-15-10-14(11-17-19(24)21-20(25)27-17)6-8-16(15)26-18(23)9-7-13-4-2-1-3-5-13;10-9(11)7-6-8-4-2-1-3-5-8/h6,8,10-11,13,22H,1-5,7,9,12H2,(H,21,24,25);8H,1-7H2,(H,10,11)/b17-11-;. The smallest absolute Gasteiger partial charge is 0.311 e. The molecule has 4 rings (SSSR count). The zero-order valence-electron chi connectivity index (χ0n) is 21.9. The molecule has 0 unspecified atom stereocenters. The lowest BCUT2D eigenvalue weighted by Gasteiger charge is -2.20. The number of amides is 2. The van der Waals surface area contributed by atoms with Gasteiger partial charge in [0.05, 0.1) is 11.5 Å². The number of aliphatic hydroxyl groups is 1. The Kier molecular flexibility index (Phi) is 12.3. The molecule has 1 aromatic rings. The molecule has 1 aliphatic heterocycles. The van der Waals surface area contributed by atoms with Crippen molar-refractivity contribution in [1.29, 1.82) is 0 Å². The highest BCUT2D eigenvalue weighted by molar-refractivity contribution is 8.18. The number of thioether (sulfide) groups is 1. The van der Waals surface area contributed by atoms with Crippen LogP contribution in [0.15, 0.2) is 23.1 Å². The van der Waals surface area contributed by atoms with E-state index in [9.17, 15) is 24.3 Å². The molecule has 0 atom stereocenters. The Morgan fingerprint density at radius 2 is 1.55 bits per heavy atom. The number of esters is 1. The van der Waals surface area contributed by atoms with Crippen LogP contribution in [0.25, 0.3) is 6.08 Å². The molecule has 0 spiro atoms. The van der Waals surface area contributed by atoms with Gasteiger partial charge in [-0.2, -0.15) is 0 Å². The van der Waals surface area contributed by atoms with Crippen LogP contribution < -0.4 is 10.1 Å². The summed E-state index contributed by atoms with van der Waals surface area (Å²) in [6.45, 7) is -0.291. The van der Waals surface area contributed by atoms with Crippen LogP contribution in [0.5, 0.6) is 5.75 Å². The molecule has 0 bridgehead atoms. The summed E-state index contributed by atoms with van der Waals surface area (Å²) in [7, 11) is 0. The van der Waals surface area contributed by atoms with Gasteiger partial charge in [0.25, 0.3) is 11.1 Å². The van der Waals surface area contributed by atoms with Gasteiger partial charge in [-0.05, 0) is 60.2 Å². The predicted molar refractivity (Wildman–Crippen MR) is 146 cm³/mol. The van der Waals surface area contributed by atoms with Gasteiger partial charge in [0.1, 0.15) is 5.75 Å². The highest BCUT2D eigenvalue weighted by Crippen LogP contribution is 2.30. The summed E-state index contributed by atoms with van der Waals surface area (Å²) in [6.07, 6.45) is 16.7. The van der Waals surface area contributed by atoms with Crippen LogP contribution >= 0.6 is 11.8 Å². The lowest BCUT2D eigenvalue weighted by atomic mass is 9.86. The van der Waals surface area contributed by atoms with E-state index >= 15 is 0 Å². The van der Waals surface area contributed by atoms with Crippen molar-refractivity contribution in [3.05, 3.63) is 34.2 Å². The van der Waals surface area contributed by atoms with Crippen LogP contribution in [-0.4, -0.2) is 33.3 Å². The summed E-state index contributed by atoms with van der Waals surface area (Å²) in [5.41, 5.74) is 1.11. The van der Waals surface area contributed by atoms with Crippen LogP contribution in [0.1, 0.15) is 101 Å². The number of hydrogen-bond donors (Lipinski definition) is 3. The third-order valence-corrected chi connectivity index (χ3v) is 8.20. The fraction of sp³-hybridized carbons (Fsp3) is 0.586. The largest absolute Gasteiger partial charge is 0.481 e. The van der Waals surface area contributed by atoms with E-state index in [0.29, 0.717) is 46.5 Å². The molecule has 2 aliphatic carbocycles. The van der Waals surface area contributed by atoms with Crippen LogP contribution in [0, 0.1) is 11.8 Å². The molecule has 3 fully saturated rings. The number of ether oxygens (including phenoxy) is 1. The number of hydrogen-bond acceptors (Lipinski definition) is 7. The topological polar surface area (TPSA) is 130 Å². The molecule has 0 radical (unpaired) electrons. The Balaban J connectivity index is 0.000000304. The fourth-order valence-corrected chi connectivity index (χ4v) is 5.94. The highest BCUT2D eigenvalue weighted by Gasteiger charge is 2.25. The molecule has 3 aliphatic rings. The van der Waals surface area contributed by atoms with Crippen molar-refractivity contribution in [3.63, 3.8) is 0 Å². The summed E-state index contributed by atoms with van der Waals surface area (Å²) >= 11 is 0.831. The average molecular weight is 546 g/mol. The summed E-state index contributed by atoms with van der Waals surface area (Å²) in [4.78, 5) is 45.5. The van der Waals surface area contributed by atoms with E-state index < -0.39 is 17.1 Å². The first-order chi connectivity index (χ1) is 18.3. The van der Waals surface area contributed by atoms with E-state index in [1.807, 2.05) is 0 Å². The minimum atomic E-state index is -0.643. The maximum atomic E-state index is 12.2. The van der Waals surface area contributed by atoms with Crippen molar-refractivity contribution in [2.24, 2.45) is 11.8 Å². The van der Waals surface area contributed by atoms with Crippen molar-refractivity contribution in [1.82, 2.24) is 5.32 Å². The van der Waals surface area contributed by atoms with Gasteiger partial charge >= 0.3 is 11.9 Å². The Morgan fingerprint density at radius 3 is 2.08 bits per heavy atom. The van der Waals surface area contributed by atoms with Crippen LogP contribution in [0.3, 0.4) is 0 Å². The molecule has 2 saturated carbocycles. The number of carbonyl (C=O) groups is 4. The Bertz CT molecular complexity index is 1010. The van der Waals surface area contributed by atoms with E-state index in [-0.39, 0.29) is 12.6 Å². The van der Waals surface area contributed by atoms with Crippen LogP contribution in [0.4, 0.5) is 4.79 Å². The number of carboxylic acid groups (broad SMARTS) is 1. The highest BCUT2D eigenvalue weighted by atomic mass is 32.2. The van der Waals surface area contributed by atoms with E-state index in [0.717, 1.165) is 24.6 Å². The van der Waals surface area contributed by atoms with Crippen molar-refractivity contribution in [2.75, 3.05) is 0 Å². The average Bonchev–Trinajstić information content (AvgIpc) is 3.24. The quantitative estimate of drug-likeness (QED) is 0.190. The lowest BCUT2D eigenvalue weighted by molar-refractivity contribution is -0.137. The number of carbonyl (C=O) groups excluding carboxylic acids is 3. The first kappa shape index (κ1) is 29.9. The number of nitrogens with one attached hydrogen (secondary N) is 1. The molecule has 9 heteroatoms. The molecule has 1 aromatic carbocycles. The molecule has 208 valence electrons. The van der Waals surface area contributed by atoms with E-state index in [2.05, 4.69) is 5.32 Å². The molecular weight excluding hydrogens is 506 g/mol. The molecule has 2 amide bonds. The third kappa shape index (κ3) is 10.3. The number of aliphatic hydroxyl groups excluding tert-OH is 1. The predicted octanol–water partition coefficient (Wildman–Crippen LogP) is 6.20. The normalized spacial score (nSPS) is 19.6. The molecule has 1 heterocycles. The van der Waals surface area contributed by atoms with Gasteiger partial charge in [0.15, 0.2) is 0 Å². The van der Waals surface area contributed by atoms with E-state index in [1.165, 1.54) is 64.2 Å². The molecule has 38 heavy (non-hydrogen) atoms. The Hall–Kier alpha value is -2.65. The van der Waals surface area contributed by atoms with E-state index in [1.54, 1.807) is 24.3 Å². The summed E-state index contributed by atoms with van der Waals surface area (Å²) in [6, 6.07) is 4.94. The second kappa shape index (κ2) is 15.7. The van der Waals surface area contributed by atoms with Crippen molar-refractivity contribution in [2.45, 2.75) is 96.5 Å². The SMILES string of the molecule is O=C(CCC1CCCCC1)Oc1ccc(/C=C2\SC(=O)NC2=O)cc1CO.O=C(O)CCC1CCCCC1. The number of carboxylic acids is 1. The number of benzene rings is 1. The van der Waals surface area contributed by atoms with Gasteiger partial charge in [-0.1, -0.05) is 70.3 Å². The second-order valence-electron chi connectivity index (χ2n) is 10.3. The molecular formula is C29H39NO7S. The van der Waals surface area contributed by atoms with Gasteiger partial charge in [-0.25, -0.2) is 0 Å². The van der Waals surface area contributed by atoms with Crippen LogP contribution in [-0.2, 0) is 21.0 Å². The minimum absolute atomic E-state index is 0.291. The molecule has 0 aromatic heterocycles. The van der Waals surface area contributed by atoms with Gasteiger partial charge in [-0.3, -0.25) is 24.5 Å². The number of aliphatic carboxylic acids is 1. The number of imide groups is 1. The Morgan fingerprint density at radius 1 is 0.947 bits per heavy atom. The summed E-state index contributed by atoms with van der Waals surface area (Å²) < 4.78 is 5.43. The summed E-state index contributed by atoms with van der Waals surface area (Å²) in [5, 5.41) is 19.8. The lowest BCUT2D eigenvalue weighted by Crippen LogP contribution is -2.17. The monoisotopic (exact) mass is 545 g/mol. The first-order valence-corrected chi connectivity index (χ1v) is 14.6. The van der Waals surface area contributed by atoms with Gasteiger partial charge < -0.3 is 14.9 Å². The van der Waals surface area contributed by atoms with Crippen molar-refractivity contribution < 1.29 is 34.1 Å². The first-order valence-electron chi connectivity index (χ1n) is 13.7. The molecule has 1 saturated heterocycles. The van der Waals surface area contributed by atoms with Crippen molar-refractivity contribution in [3.8, 4) is 5.75 Å². The number of rotatable bonds is 9. The van der Waals surface area contributed by atoms with Crippen molar-refractivity contribution >= 4 is 40.9 Å². The van der Waals surface area contributed by atoms with Gasteiger partial charge in [-0.15, -0.1) is 0 Å². The third-order valence-electron chi connectivity index (χ3n) is 7.39. The van der Waals surface area contributed by atoms with E-state index in [4.69, 9.17) is 9.84 Å². The Labute approximate surface area is 228 Å². The summed E-state index contributed by atoms with van der Waals surface area (Å²) in [5.74, 6) is 0.269. The zero-order chi connectivity index (χ0) is 27.3.